The van der Waals surface area contributed by atoms with E-state index in [2.05, 4.69) is 12.1 Å². The highest BCUT2D eigenvalue weighted by atomic mass is 16.2. The molecule has 1 aromatic carbocycles. The Labute approximate surface area is 108 Å². The number of nitrogens with two attached hydrogens (primary N) is 1. The molecule has 1 aromatic rings. The lowest BCUT2D eigenvalue weighted by molar-refractivity contribution is -0.155. The topological polar surface area (TPSA) is 46.3 Å². The van der Waals surface area contributed by atoms with Crippen molar-refractivity contribution in [1.82, 2.24) is 4.90 Å². The summed E-state index contributed by atoms with van der Waals surface area (Å²) < 4.78 is 0. The molecule has 0 radical (unpaired) electrons. The quantitative estimate of drug-likeness (QED) is 0.811. The monoisotopic (exact) mass is 244 g/mol. The number of carbonyl (C=O) groups is 1. The average molecular weight is 244 g/mol. The second-order valence-corrected chi connectivity index (χ2v) is 5.42. The fourth-order valence-electron chi connectivity index (χ4n) is 3.32. The number of likely N-dealkylation sites (tertiary alicyclic amines) is 1. The third-order valence-electron chi connectivity index (χ3n) is 4.29. The number of carbonyl (C=O) groups excluding carboxylic acids is 1. The zero-order valence-electron chi connectivity index (χ0n) is 10.6. The number of hydrogen-bond acceptors (Lipinski definition) is 2. The minimum atomic E-state index is -0.339. The molecule has 18 heavy (non-hydrogen) atoms. The zero-order chi connectivity index (χ0) is 12.5. The molecule has 3 nitrogen and oxygen atoms in total. The molecule has 1 heterocycles. The van der Waals surface area contributed by atoms with Crippen LogP contribution in [-0.2, 0) is 4.79 Å². The maximum Gasteiger partial charge on any atom is 0.242 e. The van der Waals surface area contributed by atoms with E-state index >= 15 is 0 Å². The smallest absolute Gasteiger partial charge is 0.242 e. The van der Waals surface area contributed by atoms with E-state index in [1.807, 2.05) is 23.1 Å². The predicted octanol–water partition coefficient (Wildman–Crippen LogP) is 2.23. The van der Waals surface area contributed by atoms with Crippen LogP contribution in [0.15, 0.2) is 30.3 Å². The minimum Gasteiger partial charge on any atom is -0.329 e. The highest BCUT2D eigenvalue weighted by Crippen LogP contribution is 2.39. The van der Waals surface area contributed by atoms with Gasteiger partial charge in [-0.2, -0.15) is 0 Å². The van der Waals surface area contributed by atoms with Gasteiger partial charge in [0.15, 0.2) is 0 Å². The van der Waals surface area contributed by atoms with Crippen LogP contribution in [0.2, 0.25) is 0 Å². The zero-order valence-corrected chi connectivity index (χ0v) is 10.6. The predicted molar refractivity (Wildman–Crippen MR) is 70.9 cm³/mol. The van der Waals surface area contributed by atoms with Gasteiger partial charge in [0.1, 0.15) is 6.04 Å². The van der Waals surface area contributed by atoms with Crippen molar-refractivity contribution in [2.75, 3.05) is 0 Å². The molecule has 0 unspecified atom stereocenters. The van der Waals surface area contributed by atoms with Crippen molar-refractivity contribution >= 4 is 5.91 Å². The summed E-state index contributed by atoms with van der Waals surface area (Å²) >= 11 is 0. The summed E-state index contributed by atoms with van der Waals surface area (Å²) in [5.41, 5.74) is 7.18. The van der Waals surface area contributed by atoms with Gasteiger partial charge >= 0.3 is 0 Å². The van der Waals surface area contributed by atoms with Crippen molar-refractivity contribution in [3.8, 4) is 0 Å². The summed E-state index contributed by atoms with van der Waals surface area (Å²) in [5, 5.41) is 0. The van der Waals surface area contributed by atoms with Gasteiger partial charge in [-0.25, -0.2) is 0 Å². The summed E-state index contributed by atoms with van der Waals surface area (Å²) in [6.45, 7) is 0. The largest absolute Gasteiger partial charge is 0.329 e. The summed E-state index contributed by atoms with van der Waals surface area (Å²) in [7, 11) is 0. The van der Waals surface area contributed by atoms with E-state index < -0.39 is 0 Å². The van der Waals surface area contributed by atoms with Gasteiger partial charge in [0.2, 0.25) is 5.91 Å². The van der Waals surface area contributed by atoms with E-state index in [-0.39, 0.29) is 18.0 Å². The van der Waals surface area contributed by atoms with Gasteiger partial charge in [0.25, 0.3) is 0 Å². The van der Waals surface area contributed by atoms with E-state index in [0.717, 1.165) is 12.8 Å². The molecule has 2 aliphatic rings. The lowest BCUT2D eigenvalue weighted by atomic mass is 9.83. The van der Waals surface area contributed by atoms with Gasteiger partial charge < -0.3 is 10.6 Å². The standard InChI is InChI=1S/C15H20N2O/c16-13-14(11-7-3-1-4-8-11)17(15(13)18)12-9-5-2-6-10-12/h1,3-4,7-8,12-14H,2,5-6,9-10,16H2/t13-,14+/m0/s1. The number of amides is 1. The Hall–Kier alpha value is -1.35. The van der Waals surface area contributed by atoms with Crippen molar-refractivity contribution in [1.29, 1.82) is 0 Å². The van der Waals surface area contributed by atoms with Crippen LogP contribution in [0.4, 0.5) is 0 Å². The fraction of sp³-hybridized carbons (Fsp3) is 0.533. The molecule has 3 heteroatoms. The molecule has 2 fully saturated rings. The molecule has 1 saturated carbocycles. The second kappa shape index (κ2) is 4.73. The summed E-state index contributed by atoms with van der Waals surface area (Å²) in [6, 6.07) is 10.4. The maximum atomic E-state index is 12.0. The van der Waals surface area contributed by atoms with Gasteiger partial charge in [-0.05, 0) is 18.4 Å². The molecule has 0 spiro atoms. The number of nitrogens with zero attached hydrogens (tertiary/aromatic N) is 1. The third-order valence-corrected chi connectivity index (χ3v) is 4.29. The highest BCUT2D eigenvalue weighted by Gasteiger charge is 2.48. The number of benzene rings is 1. The molecule has 2 atom stereocenters. The Bertz CT molecular complexity index is 425. The SMILES string of the molecule is N[C@@H]1C(=O)N(C2CCCCC2)[C@@H]1c1ccccc1. The van der Waals surface area contributed by atoms with Crippen molar-refractivity contribution in [3.63, 3.8) is 0 Å². The van der Waals surface area contributed by atoms with E-state index in [9.17, 15) is 4.79 Å². The van der Waals surface area contributed by atoms with Crippen LogP contribution in [0.3, 0.4) is 0 Å². The van der Waals surface area contributed by atoms with E-state index in [1.54, 1.807) is 0 Å². The lowest BCUT2D eigenvalue weighted by Gasteiger charge is -2.51. The van der Waals surface area contributed by atoms with Crippen LogP contribution in [0.5, 0.6) is 0 Å². The molecular formula is C15H20N2O. The van der Waals surface area contributed by atoms with E-state index in [0.29, 0.717) is 6.04 Å². The normalized spacial score (nSPS) is 29.2. The molecule has 1 aliphatic heterocycles. The average Bonchev–Trinajstić information content (AvgIpc) is 2.45. The molecule has 0 bridgehead atoms. The van der Waals surface area contributed by atoms with Crippen molar-refractivity contribution < 1.29 is 4.79 Å². The summed E-state index contributed by atoms with van der Waals surface area (Å²) in [6.07, 6.45) is 6.07. The van der Waals surface area contributed by atoms with Gasteiger partial charge in [-0.3, -0.25) is 4.79 Å². The molecule has 1 aliphatic carbocycles. The number of β-lactam (4-membered cyclic amide) rings is 1. The van der Waals surface area contributed by atoms with Gasteiger partial charge in [0.05, 0.1) is 6.04 Å². The molecule has 1 amide bonds. The van der Waals surface area contributed by atoms with Crippen molar-refractivity contribution in [3.05, 3.63) is 35.9 Å². The fourth-order valence-corrected chi connectivity index (χ4v) is 3.32. The van der Waals surface area contributed by atoms with Crippen LogP contribution < -0.4 is 5.73 Å². The molecule has 3 rings (SSSR count). The third kappa shape index (κ3) is 1.83. The highest BCUT2D eigenvalue weighted by molar-refractivity contribution is 5.90. The van der Waals surface area contributed by atoms with Gasteiger partial charge in [-0.15, -0.1) is 0 Å². The summed E-state index contributed by atoms with van der Waals surface area (Å²) in [5.74, 6) is 0.135. The van der Waals surface area contributed by atoms with E-state index in [4.69, 9.17) is 5.73 Å². The number of hydrogen-bond donors (Lipinski definition) is 1. The van der Waals surface area contributed by atoms with Crippen LogP contribution in [0.25, 0.3) is 0 Å². The van der Waals surface area contributed by atoms with Crippen LogP contribution in [0, 0.1) is 0 Å². The lowest BCUT2D eigenvalue weighted by Crippen LogP contribution is -2.66. The first-order valence-electron chi connectivity index (χ1n) is 6.92. The van der Waals surface area contributed by atoms with Crippen LogP contribution >= 0.6 is 0 Å². The van der Waals surface area contributed by atoms with Gasteiger partial charge in [-0.1, -0.05) is 49.6 Å². The van der Waals surface area contributed by atoms with Crippen molar-refractivity contribution in [2.24, 2.45) is 5.73 Å². The van der Waals surface area contributed by atoms with E-state index in [1.165, 1.54) is 24.8 Å². The second-order valence-electron chi connectivity index (χ2n) is 5.42. The first-order chi connectivity index (χ1) is 8.79. The van der Waals surface area contributed by atoms with Crippen LogP contribution in [0.1, 0.15) is 43.7 Å². The molecule has 0 aromatic heterocycles. The minimum absolute atomic E-state index is 0.0989. The first-order valence-corrected chi connectivity index (χ1v) is 6.92. The van der Waals surface area contributed by atoms with Crippen LogP contribution in [-0.4, -0.2) is 22.9 Å². The Kier molecular flexibility index (Phi) is 3.08. The first kappa shape index (κ1) is 11.7. The Morgan fingerprint density at radius 1 is 1.06 bits per heavy atom. The Morgan fingerprint density at radius 3 is 2.39 bits per heavy atom. The van der Waals surface area contributed by atoms with Crippen molar-refractivity contribution in [2.45, 2.75) is 50.2 Å². The molecule has 96 valence electrons. The van der Waals surface area contributed by atoms with Gasteiger partial charge in [0, 0.05) is 6.04 Å². The molecule has 2 N–H and O–H groups in total. The Morgan fingerprint density at radius 2 is 1.72 bits per heavy atom. The molecule has 1 saturated heterocycles. The summed E-state index contributed by atoms with van der Waals surface area (Å²) in [4.78, 5) is 14.1. The Balaban J connectivity index is 1.82. The number of rotatable bonds is 2. The maximum absolute atomic E-state index is 12.0. The molecular weight excluding hydrogens is 224 g/mol.